The van der Waals surface area contributed by atoms with Crippen molar-refractivity contribution in [2.75, 3.05) is 0 Å². The number of hydrogen-bond donors (Lipinski definition) is 2. The third-order valence-corrected chi connectivity index (χ3v) is 3.85. The third kappa shape index (κ3) is 3.00. The van der Waals surface area contributed by atoms with Crippen molar-refractivity contribution in [3.8, 4) is 0 Å². The third-order valence-electron chi connectivity index (χ3n) is 2.88. The normalized spacial score (nSPS) is 12.9. The minimum absolute atomic E-state index is 0.0226. The number of carbonyl (C=O) groups excluding carboxylic acids is 1. The van der Waals surface area contributed by atoms with Crippen molar-refractivity contribution in [2.45, 2.75) is 32.9 Å². The molecule has 0 aliphatic heterocycles. The molecule has 0 radical (unpaired) electrons. The van der Waals surface area contributed by atoms with Gasteiger partial charge in [0.1, 0.15) is 6.04 Å². The molecule has 0 aliphatic rings. The van der Waals surface area contributed by atoms with Crippen LogP contribution in [0.25, 0.3) is 11.0 Å². The average Bonchev–Trinajstić information content (AvgIpc) is 2.62. The van der Waals surface area contributed by atoms with E-state index in [4.69, 9.17) is 12.2 Å². The fourth-order valence-corrected chi connectivity index (χ4v) is 2.87. The Morgan fingerprint density at radius 1 is 1.42 bits per heavy atom. The van der Waals surface area contributed by atoms with Gasteiger partial charge in [0, 0.05) is 9.61 Å². The van der Waals surface area contributed by atoms with E-state index in [-0.39, 0.29) is 18.0 Å². The number of nitrogens with one attached hydrogen (secondary N) is 2. The fourth-order valence-electron chi connectivity index (χ4n) is 2.01. The summed E-state index contributed by atoms with van der Waals surface area (Å²) in [5.41, 5.74) is 1.91. The second kappa shape index (κ2) is 5.62. The smallest absolute Gasteiger partial charge is 0.243 e. The number of H-pyrrole nitrogens is 1. The summed E-state index contributed by atoms with van der Waals surface area (Å²) in [5, 5.41) is 2.91. The minimum Gasteiger partial charge on any atom is -0.352 e. The van der Waals surface area contributed by atoms with Gasteiger partial charge in [0.05, 0.1) is 11.0 Å². The molecule has 2 rings (SSSR count). The molecular weight excluding hydrogens is 373 g/mol. The van der Waals surface area contributed by atoms with E-state index in [1.54, 1.807) is 0 Å². The first-order valence-corrected chi connectivity index (χ1v) is 7.59. The van der Waals surface area contributed by atoms with E-state index < -0.39 is 0 Å². The van der Waals surface area contributed by atoms with Crippen LogP contribution in [0.3, 0.4) is 0 Å². The molecule has 0 saturated heterocycles. The second-order valence-electron chi connectivity index (χ2n) is 4.80. The molecule has 0 spiro atoms. The van der Waals surface area contributed by atoms with E-state index in [2.05, 4.69) is 32.9 Å². The number of benzene rings is 1. The van der Waals surface area contributed by atoms with Gasteiger partial charge < -0.3 is 14.9 Å². The summed E-state index contributed by atoms with van der Waals surface area (Å²) in [6.07, 6.45) is 0. The van der Waals surface area contributed by atoms with Gasteiger partial charge >= 0.3 is 0 Å². The molecule has 1 aromatic carbocycles. The van der Waals surface area contributed by atoms with E-state index in [0.29, 0.717) is 4.77 Å². The van der Waals surface area contributed by atoms with E-state index in [0.717, 1.165) is 14.6 Å². The topological polar surface area (TPSA) is 49.8 Å². The highest BCUT2D eigenvalue weighted by atomic mass is 127. The van der Waals surface area contributed by atoms with Gasteiger partial charge in [-0.2, -0.15) is 0 Å². The molecule has 1 heterocycles. The van der Waals surface area contributed by atoms with E-state index >= 15 is 0 Å². The van der Waals surface area contributed by atoms with Crippen molar-refractivity contribution in [1.29, 1.82) is 0 Å². The van der Waals surface area contributed by atoms with E-state index in [9.17, 15) is 4.79 Å². The number of rotatable bonds is 3. The maximum absolute atomic E-state index is 12.1. The van der Waals surface area contributed by atoms with Crippen molar-refractivity contribution in [1.82, 2.24) is 14.9 Å². The first-order valence-electron chi connectivity index (χ1n) is 6.10. The first-order chi connectivity index (χ1) is 8.90. The largest absolute Gasteiger partial charge is 0.352 e. The Bertz CT molecular complexity index is 674. The molecule has 1 atom stereocenters. The van der Waals surface area contributed by atoms with Gasteiger partial charge in [-0.05, 0) is 73.8 Å². The monoisotopic (exact) mass is 389 g/mol. The van der Waals surface area contributed by atoms with Gasteiger partial charge in [-0.15, -0.1) is 0 Å². The zero-order valence-electron chi connectivity index (χ0n) is 11.0. The molecule has 1 amide bonds. The SMILES string of the molecule is CC(C)NC(=O)C(C)n1c(=S)[nH]c2cc(I)ccc21. The molecule has 0 fully saturated rings. The standard InChI is InChI=1S/C13H16IN3OS/c1-7(2)15-12(18)8(3)17-11-5-4-9(14)6-10(11)16-13(17)19/h4-8H,1-3H3,(H,15,18)(H,16,19). The maximum Gasteiger partial charge on any atom is 0.243 e. The van der Waals surface area contributed by atoms with Gasteiger partial charge in [0.25, 0.3) is 0 Å². The molecule has 19 heavy (non-hydrogen) atoms. The highest BCUT2D eigenvalue weighted by Gasteiger charge is 2.18. The lowest BCUT2D eigenvalue weighted by molar-refractivity contribution is -0.124. The fraction of sp³-hybridized carbons (Fsp3) is 0.385. The molecule has 102 valence electrons. The van der Waals surface area contributed by atoms with Gasteiger partial charge in [-0.25, -0.2) is 0 Å². The zero-order valence-corrected chi connectivity index (χ0v) is 14.0. The van der Waals surface area contributed by atoms with Crippen LogP contribution in [0.2, 0.25) is 0 Å². The molecule has 1 unspecified atom stereocenters. The Labute approximate surface area is 130 Å². The number of halogens is 1. The predicted molar refractivity (Wildman–Crippen MR) is 87.8 cm³/mol. The number of hydrogen-bond acceptors (Lipinski definition) is 2. The van der Waals surface area contributed by atoms with Crippen LogP contribution in [0, 0.1) is 8.34 Å². The van der Waals surface area contributed by atoms with Crippen molar-refractivity contribution in [3.63, 3.8) is 0 Å². The Hall–Kier alpha value is -0.890. The summed E-state index contributed by atoms with van der Waals surface area (Å²) in [5.74, 6) is -0.0226. The Kier molecular flexibility index (Phi) is 4.29. The summed E-state index contributed by atoms with van der Waals surface area (Å²) in [4.78, 5) is 15.3. The highest BCUT2D eigenvalue weighted by molar-refractivity contribution is 14.1. The number of amides is 1. The summed E-state index contributed by atoms with van der Waals surface area (Å²) in [6, 6.07) is 5.81. The minimum atomic E-state index is -0.330. The van der Waals surface area contributed by atoms with Crippen LogP contribution in [0.1, 0.15) is 26.8 Å². The molecule has 0 aliphatic carbocycles. The number of aromatic nitrogens is 2. The average molecular weight is 389 g/mol. The molecule has 6 heteroatoms. The summed E-state index contributed by atoms with van der Waals surface area (Å²) >= 11 is 7.58. The Morgan fingerprint density at radius 2 is 2.11 bits per heavy atom. The summed E-state index contributed by atoms with van der Waals surface area (Å²) in [7, 11) is 0. The van der Waals surface area contributed by atoms with Gasteiger partial charge in [-0.3, -0.25) is 4.79 Å². The van der Waals surface area contributed by atoms with Crippen molar-refractivity contribution in [2.24, 2.45) is 0 Å². The molecule has 0 saturated carbocycles. The van der Waals surface area contributed by atoms with Crippen molar-refractivity contribution < 1.29 is 4.79 Å². The van der Waals surface area contributed by atoms with Gasteiger partial charge in [0.2, 0.25) is 5.91 Å². The highest BCUT2D eigenvalue weighted by Crippen LogP contribution is 2.21. The zero-order chi connectivity index (χ0) is 14.2. The quantitative estimate of drug-likeness (QED) is 0.625. The number of fused-ring (bicyclic) bond motifs is 1. The van der Waals surface area contributed by atoms with Crippen LogP contribution >= 0.6 is 34.8 Å². The van der Waals surface area contributed by atoms with Gasteiger partial charge in [-0.1, -0.05) is 0 Å². The van der Waals surface area contributed by atoms with Crippen LogP contribution in [0.4, 0.5) is 0 Å². The molecule has 2 aromatic rings. The lowest BCUT2D eigenvalue weighted by Crippen LogP contribution is -2.35. The molecule has 2 N–H and O–H groups in total. The lowest BCUT2D eigenvalue weighted by atomic mass is 10.2. The lowest BCUT2D eigenvalue weighted by Gasteiger charge is -2.16. The van der Waals surface area contributed by atoms with Crippen molar-refractivity contribution >= 4 is 51.7 Å². The Balaban J connectivity index is 2.47. The van der Waals surface area contributed by atoms with Crippen LogP contribution in [0.15, 0.2) is 18.2 Å². The molecule has 1 aromatic heterocycles. The summed E-state index contributed by atoms with van der Waals surface area (Å²) < 4.78 is 3.56. The number of nitrogens with zero attached hydrogens (tertiary/aromatic N) is 1. The summed E-state index contributed by atoms with van der Waals surface area (Å²) in [6.45, 7) is 5.75. The molecule has 4 nitrogen and oxygen atoms in total. The Morgan fingerprint density at radius 3 is 2.74 bits per heavy atom. The number of carbonyl (C=O) groups is 1. The van der Waals surface area contributed by atoms with Crippen LogP contribution in [-0.2, 0) is 4.79 Å². The van der Waals surface area contributed by atoms with Crippen LogP contribution in [-0.4, -0.2) is 21.5 Å². The second-order valence-corrected chi connectivity index (χ2v) is 6.43. The van der Waals surface area contributed by atoms with Crippen LogP contribution < -0.4 is 5.32 Å². The first kappa shape index (κ1) is 14.5. The van der Waals surface area contributed by atoms with E-state index in [1.165, 1.54) is 0 Å². The van der Waals surface area contributed by atoms with Crippen molar-refractivity contribution in [3.05, 3.63) is 26.5 Å². The van der Waals surface area contributed by atoms with Gasteiger partial charge in [0.15, 0.2) is 4.77 Å². The van der Waals surface area contributed by atoms with E-state index in [1.807, 2.05) is 43.5 Å². The van der Waals surface area contributed by atoms with Crippen LogP contribution in [0.5, 0.6) is 0 Å². The molecule has 0 bridgehead atoms. The predicted octanol–water partition coefficient (Wildman–Crippen LogP) is 3.39. The molecular formula is C13H16IN3OS. The maximum atomic E-state index is 12.1. The number of aromatic amines is 1. The number of imidazole rings is 1.